The van der Waals surface area contributed by atoms with Gasteiger partial charge >= 0.3 is 6.03 Å². The molecule has 2 heterocycles. The number of nitrogens with zero attached hydrogens (tertiary/aromatic N) is 2. The van der Waals surface area contributed by atoms with Gasteiger partial charge in [0.25, 0.3) is 6.43 Å². The van der Waals surface area contributed by atoms with Crippen molar-refractivity contribution >= 4 is 11.7 Å². The zero-order valence-corrected chi connectivity index (χ0v) is 15.0. The maximum absolute atomic E-state index is 13.4. The predicted octanol–water partition coefficient (Wildman–Crippen LogP) is 2.80. The molecular formula is C18H24F3N3O3. The molecule has 3 rings (SSSR count). The fourth-order valence-corrected chi connectivity index (χ4v) is 3.43. The minimum Gasteiger partial charge on any atom is -0.485 e. The van der Waals surface area contributed by atoms with Crippen molar-refractivity contribution in [1.82, 2.24) is 9.80 Å². The molecule has 2 aliphatic heterocycles. The molecule has 0 saturated carbocycles. The molecule has 1 N–H and O–H groups in total. The number of nitrogens with one attached hydrogen (secondary N) is 1. The van der Waals surface area contributed by atoms with Gasteiger partial charge in [-0.25, -0.2) is 18.0 Å². The quantitative estimate of drug-likeness (QED) is 0.816. The first-order chi connectivity index (χ1) is 13.0. The third-order valence-corrected chi connectivity index (χ3v) is 4.76. The Bertz CT molecular complexity index is 642. The fourth-order valence-electron chi connectivity index (χ4n) is 3.43. The number of hydrogen-bond acceptors (Lipinski definition) is 4. The highest BCUT2D eigenvalue weighted by Crippen LogP contribution is 2.27. The van der Waals surface area contributed by atoms with Gasteiger partial charge in [0.1, 0.15) is 18.2 Å². The van der Waals surface area contributed by atoms with Crippen LogP contribution in [0.5, 0.6) is 5.75 Å². The highest BCUT2D eigenvalue weighted by Gasteiger charge is 2.31. The van der Waals surface area contributed by atoms with Crippen LogP contribution in [0, 0.1) is 5.82 Å². The number of anilines is 1. The van der Waals surface area contributed by atoms with Crippen LogP contribution < -0.4 is 10.1 Å². The first-order valence-electron chi connectivity index (χ1n) is 9.11. The molecule has 2 fully saturated rings. The van der Waals surface area contributed by atoms with Gasteiger partial charge in [0.05, 0.1) is 18.9 Å². The Kier molecular flexibility index (Phi) is 6.78. The number of urea groups is 1. The summed E-state index contributed by atoms with van der Waals surface area (Å²) >= 11 is 0. The van der Waals surface area contributed by atoms with Crippen LogP contribution in [0.4, 0.5) is 23.7 Å². The molecule has 2 amide bonds. The largest absolute Gasteiger partial charge is 0.485 e. The van der Waals surface area contributed by atoms with Crippen LogP contribution in [0.15, 0.2) is 18.2 Å². The summed E-state index contributed by atoms with van der Waals surface area (Å²) < 4.78 is 48.5. The van der Waals surface area contributed by atoms with Crippen LogP contribution in [-0.2, 0) is 4.74 Å². The van der Waals surface area contributed by atoms with Gasteiger partial charge in [0.15, 0.2) is 0 Å². The molecule has 0 bridgehead atoms. The smallest absolute Gasteiger partial charge is 0.322 e. The van der Waals surface area contributed by atoms with E-state index >= 15 is 0 Å². The number of carbonyl (C=O) groups excluding carboxylic acids is 1. The Morgan fingerprint density at radius 2 is 2.07 bits per heavy atom. The second-order valence-electron chi connectivity index (χ2n) is 6.68. The van der Waals surface area contributed by atoms with E-state index in [1.54, 1.807) is 4.90 Å². The third kappa shape index (κ3) is 5.49. The van der Waals surface area contributed by atoms with Crippen molar-refractivity contribution in [1.29, 1.82) is 0 Å². The molecule has 0 radical (unpaired) electrons. The first kappa shape index (κ1) is 19.8. The first-order valence-corrected chi connectivity index (χ1v) is 9.11. The SMILES string of the molecule is O=C(Nc1ccc(F)cc1OCC(F)F)N1CCCC1CN1CCOCC1. The van der Waals surface area contributed by atoms with Crippen molar-refractivity contribution in [3.8, 4) is 5.75 Å². The molecule has 0 spiro atoms. The average Bonchev–Trinajstić information content (AvgIpc) is 3.11. The molecule has 1 unspecified atom stereocenters. The lowest BCUT2D eigenvalue weighted by molar-refractivity contribution is 0.0296. The second-order valence-corrected chi connectivity index (χ2v) is 6.68. The number of amides is 2. The van der Waals surface area contributed by atoms with Crippen molar-refractivity contribution in [2.24, 2.45) is 0 Å². The van der Waals surface area contributed by atoms with Crippen LogP contribution in [0.2, 0.25) is 0 Å². The van der Waals surface area contributed by atoms with E-state index in [1.807, 2.05) is 0 Å². The molecule has 0 aromatic heterocycles. The summed E-state index contributed by atoms with van der Waals surface area (Å²) in [5.41, 5.74) is 0.180. The van der Waals surface area contributed by atoms with Crippen LogP contribution in [0.25, 0.3) is 0 Å². The summed E-state index contributed by atoms with van der Waals surface area (Å²) in [7, 11) is 0. The molecule has 9 heteroatoms. The minimum absolute atomic E-state index is 0.0778. The van der Waals surface area contributed by atoms with Crippen LogP contribution >= 0.6 is 0 Å². The zero-order chi connectivity index (χ0) is 19.2. The topological polar surface area (TPSA) is 54.0 Å². The predicted molar refractivity (Wildman–Crippen MR) is 93.9 cm³/mol. The summed E-state index contributed by atoms with van der Waals surface area (Å²) in [6.07, 6.45) is -0.878. The van der Waals surface area contributed by atoms with Gasteiger partial charge in [0.2, 0.25) is 0 Å². The van der Waals surface area contributed by atoms with Crippen molar-refractivity contribution in [3.63, 3.8) is 0 Å². The van der Waals surface area contributed by atoms with Crippen molar-refractivity contribution in [2.75, 3.05) is 51.3 Å². The number of hydrogen-bond donors (Lipinski definition) is 1. The molecule has 1 atom stereocenters. The molecule has 1 aromatic carbocycles. The molecule has 2 aliphatic rings. The molecule has 150 valence electrons. The molecule has 2 saturated heterocycles. The summed E-state index contributed by atoms with van der Waals surface area (Å²) in [5.74, 6) is -0.726. The van der Waals surface area contributed by atoms with Crippen molar-refractivity contribution < 1.29 is 27.4 Å². The molecule has 1 aromatic rings. The standard InChI is InChI=1S/C18H24F3N3O3/c19-13-3-4-15(16(10-13)27-12-17(20)21)22-18(25)24-5-1-2-14(24)11-23-6-8-26-9-7-23/h3-4,10,14,17H,1-2,5-9,11-12H2,(H,22,25). The Morgan fingerprint density at radius 1 is 1.30 bits per heavy atom. The van der Waals surface area contributed by atoms with Gasteiger partial charge in [-0.05, 0) is 25.0 Å². The number of carbonyl (C=O) groups is 1. The Morgan fingerprint density at radius 3 is 2.81 bits per heavy atom. The second kappa shape index (κ2) is 9.27. The highest BCUT2D eigenvalue weighted by atomic mass is 19.3. The van der Waals surface area contributed by atoms with Gasteiger partial charge in [-0.15, -0.1) is 0 Å². The Labute approximate surface area is 156 Å². The zero-order valence-electron chi connectivity index (χ0n) is 15.0. The van der Waals surface area contributed by atoms with E-state index in [-0.39, 0.29) is 23.5 Å². The average molecular weight is 387 g/mol. The van der Waals surface area contributed by atoms with Gasteiger partial charge in [-0.1, -0.05) is 0 Å². The third-order valence-electron chi connectivity index (χ3n) is 4.76. The summed E-state index contributed by atoms with van der Waals surface area (Å²) in [4.78, 5) is 16.7. The highest BCUT2D eigenvalue weighted by molar-refractivity contribution is 5.91. The van der Waals surface area contributed by atoms with E-state index in [0.717, 1.165) is 44.6 Å². The molecule has 6 nitrogen and oxygen atoms in total. The number of alkyl halides is 2. The van der Waals surface area contributed by atoms with Gasteiger partial charge in [0, 0.05) is 38.3 Å². The van der Waals surface area contributed by atoms with Crippen LogP contribution in [-0.4, -0.2) is 74.3 Å². The van der Waals surface area contributed by atoms with Crippen LogP contribution in [0.3, 0.4) is 0 Å². The van der Waals surface area contributed by atoms with E-state index < -0.39 is 18.8 Å². The van der Waals surface area contributed by atoms with Crippen molar-refractivity contribution in [2.45, 2.75) is 25.3 Å². The summed E-state index contributed by atoms with van der Waals surface area (Å²) in [5, 5.41) is 2.68. The van der Waals surface area contributed by atoms with E-state index in [1.165, 1.54) is 6.07 Å². The fraction of sp³-hybridized carbons (Fsp3) is 0.611. The lowest BCUT2D eigenvalue weighted by Crippen LogP contribution is -2.47. The van der Waals surface area contributed by atoms with Crippen molar-refractivity contribution in [3.05, 3.63) is 24.0 Å². The maximum Gasteiger partial charge on any atom is 0.322 e. The number of halogens is 3. The number of rotatable bonds is 6. The number of ether oxygens (including phenoxy) is 2. The van der Waals surface area contributed by atoms with E-state index in [4.69, 9.17) is 9.47 Å². The normalized spacial score (nSPS) is 20.9. The van der Waals surface area contributed by atoms with Gasteiger partial charge in [-0.3, -0.25) is 4.90 Å². The summed E-state index contributed by atoms with van der Waals surface area (Å²) in [6.45, 7) is 3.60. The van der Waals surface area contributed by atoms with Gasteiger partial charge in [-0.2, -0.15) is 0 Å². The van der Waals surface area contributed by atoms with E-state index in [0.29, 0.717) is 19.8 Å². The van der Waals surface area contributed by atoms with Crippen LogP contribution in [0.1, 0.15) is 12.8 Å². The minimum atomic E-state index is -2.69. The number of likely N-dealkylation sites (tertiary alicyclic amines) is 1. The molecule has 0 aliphatic carbocycles. The monoisotopic (exact) mass is 387 g/mol. The number of benzene rings is 1. The Hall–Kier alpha value is -2.00. The Balaban J connectivity index is 1.63. The van der Waals surface area contributed by atoms with E-state index in [2.05, 4.69) is 10.2 Å². The molecular weight excluding hydrogens is 363 g/mol. The number of morpholine rings is 1. The molecule has 27 heavy (non-hydrogen) atoms. The summed E-state index contributed by atoms with van der Waals surface area (Å²) in [6, 6.07) is 3.21. The van der Waals surface area contributed by atoms with E-state index in [9.17, 15) is 18.0 Å². The lowest BCUT2D eigenvalue weighted by Gasteiger charge is -2.33. The lowest BCUT2D eigenvalue weighted by atomic mass is 10.2. The maximum atomic E-state index is 13.4. The van der Waals surface area contributed by atoms with Gasteiger partial charge < -0.3 is 19.7 Å².